The Hall–Kier alpha value is -2.13. The fourth-order valence-corrected chi connectivity index (χ4v) is 4.31. The monoisotopic (exact) mass is 365 g/mol. The van der Waals surface area contributed by atoms with Crippen LogP contribution in [-0.2, 0) is 20.4 Å². The number of carbonyl (C=O) groups excluding carboxylic acids is 1. The van der Waals surface area contributed by atoms with Crippen molar-refractivity contribution in [1.29, 1.82) is 0 Å². The van der Waals surface area contributed by atoms with Gasteiger partial charge in [-0.05, 0) is 42.7 Å². The standard InChI is InChI=1S/C24H31NO2/c1-19(18-23(2,3)20-10-6-4-7-11-20)25-22(26)24(14-16-27-17-15-24)21-12-8-5-9-13-21/h4-13,19H,14-18H2,1-3H3,(H,25,26)/t19-/m1/s1. The van der Waals surface area contributed by atoms with Crippen LogP contribution in [0.5, 0.6) is 0 Å². The summed E-state index contributed by atoms with van der Waals surface area (Å²) in [6, 6.07) is 20.8. The average molecular weight is 366 g/mol. The van der Waals surface area contributed by atoms with Crippen molar-refractivity contribution in [2.75, 3.05) is 13.2 Å². The first-order chi connectivity index (χ1) is 12.9. The zero-order valence-electron chi connectivity index (χ0n) is 16.7. The minimum absolute atomic E-state index is 0.00351. The minimum atomic E-state index is -0.481. The van der Waals surface area contributed by atoms with Gasteiger partial charge in [0.15, 0.2) is 0 Å². The van der Waals surface area contributed by atoms with Crippen molar-refractivity contribution < 1.29 is 9.53 Å². The van der Waals surface area contributed by atoms with Gasteiger partial charge in [0, 0.05) is 19.3 Å². The first-order valence-corrected chi connectivity index (χ1v) is 9.94. The Kier molecular flexibility index (Phi) is 6.01. The molecule has 1 saturated heterocycles. The van der Waals surface area contributed by atoms with Crippen LogP contribution in [0.15, 0.2) is 60.7 Å². The van der Waals surface area contributed by atoms with E-state index in [-0.39, 0.29) is 17.4 Å². The Labute approximate surface area is 163 Å². The highest BCUT2D eigenvalue weighted by molar-refractivity contribution is 5.88. The van der Waals surface area contributed by atoms with Crippen molar-refractivity contribution in [1.82, 2.24) is 5.32 Å². The molecular formula is C24H31NO2. The summed E-state index contributed by atoms with van der Waals surface area (Å²) in [6.07, 6.45) is 2.36. The molecule has 3 heteroatoms. The summed E-state index contributed by atoms with van der Waals surface area (Å²) >= 11 is 0. The van der Waals surface area contributed by atoms with E-state index in [0.717, 1.165) is 24.8 Å². The van der Waals surface area contributed by atoms with Crippen molar-refractivity contribution >= 4 is 5.91 Å². The van der Waals surface area contributed by atoms with Crippen LogP contribution in [0.2, 0.25) is 0 Å². The zero-order valence-corrected chi connectivity index (χ0v) is 16.7. The van der Waals surface area contributed by atoms with E-state index >= 15 is 0 Å². The molecule has 144 valence electrons. The molecule has 0 saturated carbocycles. The molecule has 1 heterocycles. The van der Waals surface area contributed by atoms with Gasteiger partial charge in [0.25, 0.3) is 0 Å². The van der Waals surface area contributed by atoms with Gasteiger partial charge in [-0.1, -0.05) is 74.5 Å². The van der Waals surface area contributed by atoms with Crippen LogP contribution < -0.4 is 5.32 Å². The number of hydrogen-bond donors (Lipinski definition) is 1. The fourth-order valence-electron chi connectivity index (χ4n) is 4.31. The van der Waals surface area contributed by atoms with E-state index in [1.807, 2.05) is 24.3 Å². The molecule has 0 spiro atoms. The Morgan fingerprint density at radius 1 is 1.04 bits per heavy atom. The summed E-state index contributed by atoms with van der Waals surface area (Å²) in [4.78, 5) is 13.4. The van der Waals surface area contributed by atoms with Crippen LogP contribution in [0.25, 0.3) is 0 Å². The number of hydrogen-bond acceptors (Lipinski definition) is 2. The van der Waals surface area contributed by atoms with Crippen LogP contribution in [0.1, 0.15) is 51.2 Å². The maximum absolute atomic E-state index is 13.4. The van der Waals surface area contributed by atoms with E-state index < -0.39 is 5.41 Å². The van der Waals surface area contributed by atoms with Crippen molar-refractivity contribution in [2.45, 2.75) is 56.9 Å². The van der Waals surface area contributed by atoms with E-state index in [2.05, 4.69) is 62.5 Å². The largest absolute Gasteiger partial charge is 0.381 e. The summed E-state index contributed by atoms with van der Waals surface area (Å²) < 4.78 is 5.56. The molecule has 0 aliphatic carbocycles. The molecule has 27 heavy (non-hydrogen) atoms. The molecule has 1 aliphatic heterocycles. The van der Waals surface area contributed by atoms with Crippen LogP contribution in [0.4, 0.5) is 0 Å². The van der Waals surface area contributed by atoms with Crippen LogP contribution in [0, 0.1) is 0 Å². The summed E-state index contributed by atoms with van der Waals surface area (Å²) in [5, 5.41) is 3.32. The summed E-state index contributed by atoms with van der Waals surface area (Å²) in [5.74, 6) is 0.133. The van der Waals surface area contributed by atoms with Crippen LogP contribution in [-0.4, -0.2) is 25.2 Å². The Morgan fingerprint density at radius 3 is 2.19 bits per heavy atom. The van der Waals surface area contributed by atoms with Gasteiger partial charge in [0.05, 0.1) is 5.41 Å². The Bertz CT molecular complexity index is 733. The van der Waals surface area contributed by atoms with Crippen molar-refractivity contribution in [3.63, 3.8) is 0 Å². The topological polar surface area (TPSA) is 38.3 Å². The molecule has 1 atom stereocenters. The molecule has 0 unspecified atom stereocenters. The van der Waals surface area contributed by atoms with Gasteiger partial charge < -0.3 is 10.1 Å². The zero-order chi connectivity index (χ0) is 19.3. The SMILES string of the molecule is C[C@H](CC(C)(C)c1ccccc1)NC(=O)C1(c2ccccc2)CCOCC1. The van der Waals surface area contributed by atoms with Crippen LogP contribution in [0.3, 0.4) is 0 Å². The molecule has 3 nitrogen and oxygen atoms in total. The second kappa shape index (κ2) is 8.26. The Balaban J connectivity index is 1.74. The molecule has 0 aromatic heterocycles. The van der Waals surface area contributed by atoms with Gasteiger partial charge >= 0.3 is 0 Å². The minimum Gasteiger partial charge on any atom is -0.381 e. The normalized spacial score (nSPS) is 17.9. The highest BCUT2D eigenvalue weighted by Gasteiger charge is 2.42. The third-order valence-corrected chi connectivity index (χ3v) is 5.86. The number of carbonyl (C=O) groups is 1. The van der Waals surface area contributed by atoms with Crippen molar-refractivity contribution in [3.05, 3.63) is 71.8 Å². The Morgan fingerprint density at radius 2 is 1.59 bits per heavy atom. The first-order valence-electron chi connectivity index (χ1n) is 9.94. The second-order valence-corrected chi connectivity index (χ2v) is 8.39. The maximum atomic E-state index is 13.4. The van der Waals surface area contributed by atoms with Gasteiger partial charge in [-0.2, -0.15) is 0 Å². The van der Waals surface area contributed by atoms with Crippen molar-refractivity contribution in [2.24, 2.45) is 0 Å². The molecule has 1 N–H and O–H groups in total. The number of rotatable bonds is 6. The molecule has 1 fully saturated rings. The highest BCUT2D eigenvalue weighted by atomic mass is 16.5. The lowest BCUT2D eigenvalue weighted by atomic mass is 9.73. The number of ether oxygens (including phenoxy) is 1. The lowest BCUT2D eigenvalue weighted by Crippen LogP contribution is -2.51. The van der Waals surface area contributed by atoms with E-state index in [4.69, 9.17) is 4.74 Å². The molecule has 0 radical (unpaired) electrons. The second-order valence-electron chi connectivity index (χ2n) is 8.39. The predicted molar refractivity (Wildman–Crippen MR) is 110 cm³/mol. The summed E-state index contributed by atoms with van der Waals surface area (Å²) in [6.45, 7) is 7.86. The fraction of sp³-hybridized carbons (Fsp3) is 0.458. The number of benzene rings is 2. The van der Waals surface area contributed by atoms with E-state index in [0.29, 0.717) is 13.2 Å². The lowest BCUT2D eigenvalue weighted by Gasteiger charge is -2.38. The average Bonchev–Trinajstić information content (AvgIpc) is 2.69. The predicted octanol–water partition coefficient (Wildman–Crippen LogP) is 4.61. The smallest absolute Gasteiger partial charge is 0.231 e. The lowest BCUT2D eigenvalue weighted by molar-refractivity contribution is -0.131. The third-order valence-electron chi connectivity index (χ3n) is 5.86. The number of nitrogens with one attached hydrogen (secondary N) is 1. The van der Waals surface area contributed by atoms with Gasteiger partial charge in [-0.3, -0.25) is 4.79 Å². The third kappa shape index (κ3) is 4.41. The van der Waals surface area contributed by atoms with E-state index in [1.54, 1.807) is 0 Å². The van der Waals surface area contributed by atoms with Crippen LogP contribution >= 0.6 is 0 Å². The summed E-state index contributed by atoms with van der Waals surface area (Å²) in [7, 11) is 0. The van der Waals surface area contributed by atoms with Crippen molar-refractivity contribution in [3.8, 4) is 0 Å². The van der Waals surface area contributed by atoms with Gasteiger partial charge in [-0.25, -0.2) is 0 Å². The quantitative estimate of drug-likeness (QED) is 0.812. The maximum Gasteiger partial charge on any atom is 0.231 e. The van der Waals surface area contributed by atoms with Gasteiger partial charge in [0.1, 0.15) is 0 Å². The number of amides is 1. The molecule has 2 aromatic carbocycles. The molecule has 0 bridgehead atoms. The summed E-state index contributed by atoms with van der Waals surface area (Å²) in [5.41, 5.74) is 1.92. The highest BCUT2D eigenvalue weighted by Crippen LogP contribution is 2.36. The molecule has 1 aliphatic rings. The molecule has 2 aromatic rings. The van der Waals surface area contributed by atoms with E-state index in [9.17, 15) is 4.79 Å². The molecule has 1 amide bonds. The molecule has 3 rings (SSSR count). The van der Waals surface area contributed by atoms with Gasteiger partial charge in [0.2, 0.25) is 5.91 Å². The van der Waals surface area contributed by atoms with Gasteiger partial charge in [-0.15, -0.1) is 0 Å². The molecular weight excluding hydrogens is 334 g/mol. The van der Waals surface area contributed by atoms with E-state index in [1.165, 1.54) is 5.56 Å². The first kappa shape index (κ1) is 19.6.